The van der Waals surface area contributed by atoms with Crippen LogP contribution in [0.2, 0.25) is 0 Å². The molecule has 1 N–H and O–H groups in total. The van der Waals surface area contributed by atoms with Gasteiger partial charge in [-0.1, -0.05) is 12.8 Å². The molecule has 0 saturated heterocycles. The molecule has 0 atom stereocenters. The molecule has 3 rings (SSSR count). The van der Waals surface area contributed by atoms with Gasteiger partial charge >= 0.3 is 5.51 Å². The Kier molecular flexibility index (Phi) is 5.63. The normalized spacial score (nSPS) is 15.2. The van der Waals surface area contributed by atoms with E-state index in [1.165, 1.54) is 42.5 Å². The van der Waals surface area contributed by atoms with E-state index in [1.54, 1.807) is 0 Å². The summed E-state index contributed by atoms with van der Waals surface area (Å²) in [5.41, 5.74) is -3.61. The van der Waals surface area contributed by atoms with Gasteiger partial charge in [0.15, 0.2) is 5.13 Å². The minimum absolute atomic E-state index is 0.104. The van der Waals surface area contributed by atoms with Gasteiger partial charge in [-0.25, -0.2) is 9.97 Å². The number of anilines is 1. The Morgan fingerprint density at radius 2 is 1.96 bits per heavy atom. The molecule has 0 spiro atoms. The van der Waals surface area contributed by atoms with Gasteiger partial charge < -0.3 is 0 Å². The van der Waals surface area contributed by atoms with Crippen molar-refractivity contribution in [3.63, 3.8) is 0 Å². The van der Waals surface area contributed by atoms with Crippen LogP contribution >= 0.6 is 23.1 Å². The fourth-order valence-corrected chi connectivity index (χ4v) is 4.33. The summed E-state index contributed by atoms with van der Waals surface area (Å²) < 4.78 is 37.9. The Morgan fingerprint density at radius 3 is 2.72 bits per heavy atom. The number of pyridine rings is 1. The van der Waals surface area contributed by atoms with E-state index in [-0.39, 0.29) is 22.4 Å². The Balaban J connectivity index is 1.78. The van der Waals surface area contributed by atoms with Crippen molar-refractivity contribution in [1.29, 1.82) is 0 Å². The van der Waals surface area contributed by atoms with Crippen molar-refractivity contribution in [2.24, 2.45) is 0 Å². The molecule has 2 aromatic heterocycles. The third-order valence-corrected chi connectivity index (χ3v) is 5.62. The number of nitrogens with zero attached hydrogens (tertiary/aromatic N) is 2. The molecule has 9 heteroatoms. The zero-order valence-corrected chi connectivity index (χ0v) is 14.9. The second-order valence-corrected chi connectivity index (χ2v) is 7.80. The van der Waals surface area contributed by atoms with Crippen molar-refractivity contribution < 1.29 is 18.0 Å². The minimum atomic E-state index is -4.50. The van der Waals surface area contributed by atoms with E-state index < -0.39 is 11.4 Å². The topological polar surface area (TPSA) is 54.9 Å². The molecule has 0 aliphatic heterocycles. The largest absolute Gasteiger partial charge is 0.447 e. The van der Waals surface area contributed by atoms with E-state index in [0.29, 0.717) is 5.13 Å². The maximum atomic E-state index is 12.6. The van der Waals surface area contributed by atoms with Crippen LogP contribution in [-0.2, 0) is 12.8 Å². The lowest BCUT2D eigenvalue weighted by molar-refractivity contribution is -0.0329. The van der Waals surface area contributed by atoms with Crippen LogP contribution in [0.3, 0.4) is 0 Å². The lowest BCUT2D eigenvalue weighted by atomic mass is 10.0. The second-order valence-electron chi connectivity index (χ2n) is 5.66. The molecule has 0 bridgehead atoms. The molecule has 1 aliphatic rings. The quantitative estimate of drug-likeness (QED) is 0.748. The molecule has 1 amide bonds. The van der Waals surface area contributed by atoms with Gasteiger partial charge in [0.2, 0.25) is 0 Å². The van der Waals surface area contributed by atoms with Gasteiger partial charge in [-0.05, 0) is 37.8 Å². The highest BCUT2D eigenvalue weighted by Crippen LogP contribution is 2.37. The predicted octanol–water partition coefficient (Wildman–Crippen LogP) is 5.06. The summed E-state index contributed by atoms with van der Waals surface area (Å²) in [4.78, 5) is 21.7. The predicted molar refractivity (Wildman–Crippen MR) is 92.1 cm³/mol. The molecule has 0 unspecified atom stereocenters. The van der Waals surface area contributed by atoms with Crippen LogP contribution in [0.5, 0.6) is 0 Å². The molecule has 134 valence electrons. The number of rotatable bonds is 3. The number of fused-ring (bicyclic) bond motifs is 1. The first-order valence-corrected chi connectivity index (χ1v) is 9.56. The number of alkyl halides is 3. The molecular weight excluding hydrogens is 371 g/mol. The lowest BCUT2D eigenvalue weighted by Crippen LogP contribution is -2.14. The number of hydrogen-bond donors (Lipinski definition) is 1. The number of amides is 1. The molecule has 25 heavy (non-hydrogen) atoms. The SMILES string of the molecule is O=C(Nc1nc2c(s1)CCCCCC2)c1cccnc1SC(F)(F)F. The van der Waals surface area contributed by atoms with Crippen LogP contribution in [0.15, 0.2) is 23.4 Å². The molecule has 4 nitrogen and oxygen atoms in total. The number of aromatic nitrogens is 2. The van der Waals surface area contributed by atoms with Crippen molar-refractivity contribution in [2.45, 2.75) is 49.1 Å². The van der Waals surface area contributed by atoms with Crippen LogP contribution in [0, 0.1) is 0 Å². The van der Waals surface area contributed by atoms with Gasteiger partial charge in [-0.15, -0.1) is 11.3 Å². The van der Waals surface area contributed by atoms with Crippen molar-refractivity contribution in [1.82, 2.24) is 9.97 Å². The Hall–Kier alpha value is -1.61. The highest BCUT2D eigenvalue weighted by Gasteiger charge is 2.32. The number of carbonyl (C=O) groups is 1. The van der Waals surface area contributed by atoms with Gasteiger partial charge in [0.25, 0.3) is 5.91 Å². The lowest BCUT2D eigenvalue weighted by Gasteiger charge is -2.09. The maximum Gasteiger partial charge on any atom is 0.447 e. The highest BCUT2D eigenvalue weighted by atomic mass is 32.2. The van der Waals surface area contributed by atoms with Gasteiger partial charge in [-0.3, -0.25) is 10.1 Å². The highest BCUT2D eigenvalue weighted by molar-refractivity contribution is 8.00. The molecule has 2 aromatic rings. The van der Waals surface area contributed by atoms with E-state index in [1.807, 2.05) is 0 Å². The van der Waals surface area contributed by atoms with E-state index in [9.17, 15) is 18.0 Å². The van der Waals surface area contributed by atoms with Crippen molar-refractivity contribution in [3.05, 3.63) is 34.5 Å². The number of thiazole rings is 1. The zero-order chi connectivity index (χ0) is 17.9. The van der Waals surface area contributed by atoms with Crippen molar-refractivity contribution >= 4 is 34.1 Å². The van der Waals surface area contributed by atoms with Gasteiger partial charge in [0, 0.05) is 22.8 Å². The first-order chi connectivity index (χ1) is 11.9. The third kappa shape index (κ3) is 4.94. The monoisotopic (exact) mass is 387 g/mol. The van der Waals surface area contributed by atoms with E-state index in [2.05, 4.69) is 15.3 Å². The zero-order valence-electron chi connectivity index (χ0n) is 13.2. The van der Waals surface area contributed by atoms with Crippen molar-refractivity contribution in [2.75, 3.05) is 5.32 Å². The standard InChI is InChI=1S/C16H16F3N3OS2/c17-16(18,19)25-14-10(6-5-9-20-14)13(23)22-15-21-11-7-3-1-2-4-8-12(11)24-15/h5-6,9H,1-4,7-8H2,(H,21,22,23). The number of hydrogen-bond acceptors (Lipinski definition) is 5. The Labute approximate surface area is 151 Å². The van der Waals surface area contributed by atoms with E-state index in [0.717, 1.165) is 36.3 Å². The minimum Gasteiger partial charge on any atom is -0.298 e. The van der Waals surface area contributed by atoms with Gasteiger partial charge in [-0.2, -0.15) is 13.2 Å². The molecule has 0 radical (unpaired) electrons. The van der Waals surface area contributed by atoms with Crippen molar-refractivity contribution in [3.8, 4) is 0 Å². The molecule has 0 saturated carbocycles. The number of thioether (sulfide) groups is 1. The van der Waals surface area contributed by atoms with Crippen LogP contribution in [0.1, 0.15) is 46.6 Å². The average molecular weight is 387 g/mol. The smallest absolute Gasteiger partial charge is 0.298 e. The van der Waals surface area contributed by atoms with E-state index in [4.69, 9.17) is 0 Å². The van der Waals surface area contributed by atoms with Crippen LogP contribution < -0.4 is 5.32 Å². The third-order valence-electron chi connectivity index (χ3n) is 3.79. The Morgan fingerprint density at radius 1 is 1.20 bits per heavy atom. The summed E-state index contributed by atoms with van der Waals surface area (Å²) in [6.45, 7) is 0. The van der Waals surface area contributed by atoms with Crippen LogP contribution in [0.4, 0.5) is 18.3 Å². The fourth-order valence-electron chi connectivity index (χ4n) is 2.68. The summed E-state index contributed by atoms with van der Waals surface area (Å²) in [6.07, 6.45) is 7.57. The number of nitrogens with one attached hydrogen (secondary N) is 1. The second kappa shape index (κ2) is 7.74. The molecule has 0 aromatic carbocycles. The first kappa shape index (κ1) is 18.2. The number of carbonyl (C=O) groups excluding carboxylic acids is 1. The summed E-state index contributed by atoms with van der Waals surface area (Å²) in [5.74, 6) is -0.624. The summed E-state index contributed by atoms with van der Waals surface area (Å²) in [6, 6.07) is 2.77. The summed E-state index contributed by atoms with van der Waals surface area (Å²) >= 11 is 1.02. The summed E-state index contributed by atoms with van der Waals surface area (Å²) in [5, 5.41) is 2.71. The van der Waals surface area contributed by atoms with Crippen LogP contribution in [0.25, 0.3) is 0 Å². The van der Waals surface area contributed by atoms with Crippen LogP contribution in [-0.4, -0.2) is 21.4 Å². The molecule has 2 heterocycles. The molecule has 0 fully saturated rings. The molecule has 1 aliphatic carbocycles. The average Bonchev–Trinajstić information content (AvgIpc) is 2.87. The Bertz CT molecular complexity index is 736. The maximum absolute atomic E-state index is 12.6. The van der Waals surface area contributed by atoms with Gasteiger partial charge in [0.1, 0.15) is 5.03 Å². The van der Waals surface area contributed by atoms with Gasteiger partial charge in [0.05, 0.1) is 11.3 Å². The summed E-state index contributed by atoms with van der Waals surface area (Å²) in [7, 11) is 0. The fraction of sp³-hybridized carbons (Fsp3) is 0.438. The molecular formula is C16H16F3N3OS2. The number of aryl methyl sites for hydroxylation is 2. The first-order valence-electron chi connectivity index (χ1n) is 7.93. The number of halogens is 3. The van der Waals surface area contributed by atoms with E-state index >= 15 is 0 Å².